The summed E-state index contributed by atoms with van der Waals surface area (Å²) in [5.41, 5.74) is 1.15. The zero-order valence-electron chi connectivity index (χ0n) is 18.3. The third kappa shape index (κ3) is 3.85. The standard InChI is InChI=1S/C19H20N4O10S2/c1-18(2,15(27)28)33-22-12(9-5-34-17(20)21-9)10(24)4-8-13(26)23-14(8)35(31)6-7-3-11(25)32-19(7,23)16(29)30/h5,7-8,14H,3-4,6H2,1-2H3,(H2,20,21)(H,27,28)(H,29,30)/b22-12-/t7-,8+,14+,19+,35-/m0/s1. The minimum atomic E-state index is -2.26. The third-order valence-electron chi connectivity index (χ3n) is 6.00. The number of carboxylic acids is 2. The molecule has 0 aromatic carbocycles. The van der Waals surface area contributed by atoms with Crippen molar-refractivity contribution in [1.82, 2.24) is 9.88 Å². The molecule has 35 heavy (non-hydrogen) atoms. The van der Waals surface area contributed by atoms with Gasteiger partial charge in [0.2, 0.25) is 11.5 Å². The van der Waals surface area contributed by atoms with Gasteiger partial charge in [0, 0.05) is 28.4 Å². The summed E-state index contributed by atoms with van der Waals surface area (Å²) in [4.78, 5) is 71.2. The van der Waals surface area contributed by atoms with Gasteiger partial charge in [-0.25, -0.2) is 14.6 Å². The van der Waals surface area contributed by atoms with Crippen LogP contribution in [-0.4, -0.2) is 82.1 Å². The van der Waals surface area contributed by atoms with Gasteiger partial charge in [-0.2, -0.15) is 0 Å². The van der Waals surface area contributed by atoms with E-state index in [1.165, 1.54) is 19.2 Å². The molecular weight excluding hydrogens is 508 g/mol. The molecule has 0 unspecified atom stereocenters. The first-order valence-corrected chi connectivity index (χ1v) is 12.5. The number of aromatic nitrogens is 1. The highest BCUT2D eigenvalue weighted by molar-refractivity contribution is 7.85. The van der Waals surface area contributed by atoms with Gasteiger partial charge in [0.1, 0.15) is 11.1 Å². The van der Waals surface area contributed by atoms with Crippen molar-refractivity contribution in [2.75, 3.05) is 11.5 Å². The molecule has 188 valence electrons. The highest BCUT2D eigenvalue weighted by Gasteiger charge is 2.72. The Bertz CT molecular complexity index is 1210. The predicted octanol–water partition coefficient (Wildman–Crippen LogP) is -0.841. The van der Waals surface area contributed by atoms with Crippen LogP contribution in [0.4, 0.5) is 5.13 Å². The number of carbonyl (C=O) groups excluding carboxylic acids is 3. The van der Waals surface area contributed by atoms with Crippen molar-refractivity contribution in [2.45, 2.75) is 43.4 Å². The van der Waals surface area contributed by atoms with Gasteiger partial charge in [-0.1, -0.05) is 5.16 Å². The van der Waals surface area contributed by atoms with E-state index in [9.17, 15) is 38.4 Å². The molecule has 16 heteroatoms. The summed E-state index contributed by atoms with van der Waals surface area (Å²) in [5.74, 6) is -7.71. The second-order valence-corrected chi connectivity index (χ2v) is 11.1. The van der Waals surface area contributed by atoms with Crippen molar-refractivity contribution < 1.29 is 48.0 Å². The van der Waals surface area contributed by atoms with E-state index < -0.39 is 81.1 Å². The van der Waals surface area contributed by atoms with Gasteiger partial charge in [-0.05, 0) is 13.8 Å². The second-order valence-electron chi connectivity index (χ2n) is 8.67. The van der Waals surface area contributed by atoms with E-state index in [-0.39, 0.29) is 23.0 Å². The van der Waals surface area contributed by atoms with E-state index in [2.05, 4.69) is 10.1 Å². The Morgan fingerprint density at radius 3 is 2.66 bits per heavy atom. The van der Waals surface area contributed by atoms with Crippen molar-refractivity contribution in [2.24, 2.45) is 17.0 Å². The van der Waals surface area contributed by atoms with E-state index in [4.69, 9.17) is 15.3 Å². The highest BCUT2D eigenvalue weighted by Crippen LogP contribution is 2.50. The van der Waals surface area contributed by atoms with Crippen molar-refractivity contribution in [3.8, 4) is 0 Å². The van der Waals surface area contributed by atoms with Crippen molar-refractivity contribution in [3.05, 3.63) is 11.1 Å². The number of ether oxygens (including phenoxy) is 1. The summed E-state index contributed by atoms with van der Waals surface area (Å²) in [6.45, 7) is 2.42. The van der Waals surface area contributed by atoms with Crippen LogP contribution in [0.2, 0.25) is 0 Å². The molecule has 1 aromatic heterocycles. The van der Waals surface area contributed by atoms with Gasteiger partial charge in [0.05, 0.1) is 18.3 Å². The number of anilines is 1. The summed E-state index contributed by atoms with van der Waals surface area (Å²) >= 11 is 0.985. The molecule has 4 N–H and O–H groups in total. The Balaban J connectivity index is 1.61. The second kappa shape index (κ2) is 8.37. The number of nitrogens with two attached hydrogens (primary N) is 1. The SMILES string of the molecule is CC(C)(O/N=C(\C(=O)C[C@@H]1C(=O)N2[C@@H]1[S@@](=O)C[C@@H]1CC(=O)O[C@@]12C(=O)O)c1csc(N)n1)C(=O)O. The number of hydrogen-bond donors (Lipinski definition) is 3. The number of hydrogen-bond acceptors (Lipinski definition) is 12. The maximum atomic E-state index is 13.2. The third-order valence-corrected chi connectivity index (χ3v) is 8.49. The number of aliphatic carboxylic acids is 2. The zero-order chi connectivity index (χ0) is 25.9. The number of nitrogen functional groups attached to an aromatic ring is 1. The summed E-state index contributed by atoms with van der Waals surface area (Å²) in [7, 11) is -1.77. The molecular formula is C19H20N4O10S2. The molecule has 5 atom stereocenters. The lowest BCUT2D eigenvalue weighted by Crippen LogP contribution is -2.78. The number of ketones is 1. The summed E-state index contributed by atoms with van der Waals surface area (Å²) in [6.07, 6.45) is -0.843. The number of amides is 1. The van der Waals surface area contributed by atoms with Gasteiger partial charge in [-0.3, -0.25) is 23.5 Å². The number of esters is 1. The fourth-order valence-electron chi connectivity index (χ4n) is 4.17. The van der Waals surface area contributed by atoms with Crippen LogP contribution in [0, 0.1) is 11.8 Å². The van der Waals surface area contributed by atoms with Gasteiger partial charge in [-0.15, -0.1) is 11.3 Å². The van der Waals surface area contributed by atoms with Crippen LogP contribution in [0.5, 0.6) is 0 Å². The van der Waals surface area contributed by atoms with Crippen LogP contribution in [0.1, 0.15) is 32.4 Å². The van der Waals surface area contributed by atoms with Crippen LogP contribution in [0.15, 0.2) is 10.5 Å². The quantitative estimate of drug-likeness (QED) is 0.163. The fraction of sp³-hybridized carbons (Fsp3) is 0.526. The molecule has 4 heterocycles. The minimum absolute atomic E-state index is 0.0149. The lowest BCUT2D eigenvalue weighted by molar-refractivity contribution is -0.220. The molecule has 0 spiro atoms. The number of β-lactam (4-membered cyclic amide) rings is 1. The first kappa shape index (κ1) is 24.7. The lowest BCUT2D eigenvalue weighted by Gasteiger charge is -2.56. The van der Waals surface area contributed by atoms with E-state index >= 15 is 0 Å². The molecule has 0 radical (unpaired) electrons. The molecule has 3 aliphatic rings. The van der Waals surface area contributed by atoms with Gasteiger partial charge >= 0.3 is 17.9 Å². The molecule has 3 aliphatic heterocycles. The predicted molar refractivity (Wildman–Crippen MR) is 117 cm³/mol. The average molecular weight is 529 g/mol. The summed E-state index contributed by atoms with van der Waals surface area (Å²) < 4.78 is 17.9. The van der Waals surface area contributed by atoms with Crippen LogP contribution >= 0.6 is 11.3 Å². The number of oxime groups is 1. The molecule has 1 aromatic rings. The average Bonchev–Trinajstić information content (AvgIpc) is 3.33. The molecule has 3 fully saturated rings. The Morgan fingerprint density at radius 2 is 2.09 bits per heavy atom. The number of rotatable bonds is 8. The lowest BCUT2D eigenvalue weighted by atomic mass is 9.84. The maximum Gasteiger partial charge on any atom is 0.370 e. The molecule has 0 bridgehead atoms. The number of nitrogens with zero attached hydrogens (tertiary/aromatic N) is 3. The molecule has 0 saturated carbocycles. The largest absolute Gasteiger partial charge is 0.478 e. The van der Waals surface area contributed by atoms with Crippen LogP contribution in [0.3, 0.4) is 0 Å². The monoisotopic (exact) mass is 528 g/mol. The number of carbonyl (C=O) groups is 5. The Labute approximate surface area is 203 Å². The minimum Gasteiger partial charge on any atom is -0.478 e. The van der Waals surface area contributed by atoms with Crippen LogP contribution in [-0.2, 0) is 44.3 Å². The Kier molecular flexibility index (Phi) is 5.91. The van der Waals surface area contributed by atoms with Gasteiger partial charge in [0.15, 0.2) is 16.6 Å². The van der Waals surface area contributed by atoms with E-state index in [0.29, 0.717) is 0 Å². The molecule has 1 amide bonds. The smallest absolute Gasteiger partial charge is 0.370 e. The highest BCUT2D eigenvalue weighted by atomic mass is 32.2. The molecule has 3 saturated heterocycles. The van der Waals surface area contributed by atoms with Crippen molar-refractivity contribution in [1.29, 1.82) is 0 Å². The number of thiazole rings is 1. The van der Waals surface area contributed by atoms with Gasteiger partial charge in [0.25, 0.3) is 5.72 Å². The number of Topliss-reactive ketones (excluding diaryl/α,β-unsaturated/α-hetero) is 1. The van der Waals surface area contributed by atoms with Crippen LogP contribution in [0.25, 0.3) is 0 Å². The normalized spacial score (nSPS) is 30.1. The Hall–Kier alpha value is -3.40. The van der Waals surface area contributed by atoms with Crippen molar-refractivity contribution in [3.63, 3.8) is 0 Å². The van der Waals surface area contributed by atoms with Crippen molar-refractivity contribution >= 4 is 62.6 Å². The molecule has 0 aliphatic carbocycles. The topological polar surface area (TPSA) is 216 Å². The van der Waals surface area contributed by atoms with E-state index in [1.54, 1.807) is 0 Å². The van der Waals surface area contributed by atoms with Crippen LogP contribution < -0.4 is 5.73 Å². The Morgan fingerprint density at radius 1 is 1.40 bits per heavy atom. The fourth-order valence-corrected chi connectivity index (χ4v) is 6.73. The van der Waals surface area contributed by atoms with Gasteiger partial charge < -0.3 is 25.5 Å². The summed E-state index contributed by atoms with van der Waals surface area (Å²) in [5, 5.41) is 23.0. The first-order chi connectivity index (χ1) is 16.3. The van der Waals surface area contributed by atoms with E-state index in [0.717, 1.165) is 16.2 Å². The first-order valence-electron chi connectivity index (χ1n) is 10.2. The van der Waals surface area contributed by atoms with E-state index in [1.807, 2.05) is 0 Å². The number of carboxylic acid groups (broad SMARTS) is 2. The zero-order valence-corrected chi connectivity index (χ0v) is 20.0. The summed E-state index contributed by atoms with van der Waals surface area (Å²) in [6, 6.07) is 0. The number of fused-ring (bicyclic) bond motifs is 3. The maximum absolute atomic E-state index is 13.2. The molecule has 14 nitrogen and oxygen atoms in total. The molecule has 4 rings (SSSR count).